The maximum Gasteiger partial charge on any atom is 0.339 e. The number of likely N-dealkylation sites (tertiary alicyclic amines) is 1. The standard InChI is InChI=1S/C19H22N2O4/c1-13-17(19(23)24)11-16(25-13)12-20-15-7-5-6-14(10-15)18(22)21-8-3-2-4-9-21/h5-7,10-11,20H,2-4,8-9,12H2,1H3,(H,23,24). The molecule has 0 unspecified atom stereocenters. The van der Waals surface area contributed by atoms with Gasteiger partial charge in [-0.05, 0) is 50.5 Å². The van der Waals surface area contributed by atoms with Gasteiger partial charge in [-0.1, -0.05) is 6.07 Å². The Kier molecular flexibility index (Phi) is 5.07. The van der Waals surface area contributed by atoms with Crippen LogP contribution in [0.4, 0.5) is 5.69 Å². The van der Waals surface area contributed by atoms with Crippen molar-refractivity contribution in [1.29, 1.82) is 0 Å². The number of hydrogen-bond donors (Lipinski definition) is 2. The van der Waals surface area contributed by atoms with Crippen molar-refractivity contribution in [2.45, 2.75) is 32.7 Å². The summed E-state index contributed by atoms with van der Waals surface area (Å²) in [5.41, 5.74) is 1.63. The molecular weight excluding hydrogens is 320 g/mol. The first-order valence-electron chi connectivity index (χ1n) is 8.50. The predicted octanol–water partition coefficient (Wildman–Crippen LogP) is 3.52. The summed E-state index contributed by atoms with van der Waals surface area (Å²) in [4.78, 5) is 25.5. The van der Waals surface area contributed by atoms with Gasteiger partial charge in [0.1, 0.15) is 17.1 Å². The van der Waals surface area contributed by atoms with Crippen molar-refractivity contribution in [3.8, 4) is 0 Å². The monoisotopic (exact) mass is 342 g/mol. The molecule has 2 heterocycles. The van der Waals surface area contributed by atoms with Crippen LogP contribution in [0.15, 0.2) is 34.7 Å². The van der Waals surface area contributed by atoms with Gasteiger partial charge < -0.3 is 19.7 Å². The Morgan fingerprint density at radius 3 is 2.64 bits per heavy atom. The topological polar surface area (TPSA) is 82.8 Å². The zero-order valence-electron chi connectivity index (χ0n) is 14.2. The maximum absolute atomic E-state index is 12.6. The van der Waals surface area contributed by atoms with Crippen LogP contribution < -0.4 is 5.32 Å². The number of hydrogen-bond acceptors (Lipinski definition) is 4. The lowest BCUT2D eigenvalue weighted by Gasteiger charge is -2.26. The summed E-state index contributed by atoms with van der Waals surface area (Å²) in [6.07, 6.45) is 3.31. The van der Waals surface area contributed by atoms with E-state index in [1.54, 1.807) is 6.92 Å². The highest BCUT2D eigenvalue weighted by Crippen LogP contribution is 2.19. The molecule has 0 bridgehead atoms. The lowest BCUT2D eigenvalue weighted by Crippen LogP contribution is -2.35. The van der Waals surface area contributed by atoms with E-state index in [4.69, 9.17) is 9.52 Å². The van der Waals surface area contributed by atoms with Crippen molar-refractivity contribution < 1.29 is 19.1 Å². The SMILES string of the molecule is Cc1oc(CNc2cccc(C(=O)N3CCCCC3)c2)cc1C(=O)O. The van der Waals surface area contributed by atoms with E-state index in [0.717, 1.165) is 31.6 Å². The number of amides is 1. The average Bonchev–Trinajstić information content (AvgIpc) is 3.01. The molecule has 0 radical (unpaired) electrons. The molecule has 0 aliphatic carbocycles. The van der Waals surface area contributed by atoms with Crippen LogP contribution in [0, 0.1) is 6.92 Å². The predicted molar refractivity (Wildman–Crippen MR) is 93.9 cm³/mol. The molecule has 1 aliphatic heterocycles. The van der Waals surface area contributed by atoms with Gasteiger partial charge >= 0.3 is 5.97 Å². The average molecular weight is 342 g/mol. The van der Waals surface area contributed by atoms with E-state index in [0.29, 0.717) is 23.6 Å². The van der Waals surface area contributed by atoms with Gasteiger partial charge in [-0.15, -0.1) is 0 Å². The van der Waals surface area contributed by atoms with Crippen LogP contribution in [-0.4, -0.2) is 35.0 Å². The second-order valence-corrected chi connectivity index (χ2v) is 6.27. The first kappa shape index (κ1) is 17.1. The molecule has 132 valence electrons. The van der Waals surface area contributed by atoms with E-state index in [9.17, 15) is 9.59 Å². The maximum atomic E-state index is 12.6. The van der Waals surface area contributed by atoms with Crippen LogP contribution in [-0.2, 0) is 6.54 Å². The Bertz CT molecular complexity index is 775. The van der Waals surface area contributed by atoms with E-state index in [-0.39, 0.29) is 11.5 Å². The highest BCUT2D eigenvalue weighted by molar-refractivity contribution is 5.95. The lowest BCUT2D eigenvalue weighted by molar-refractivity contribution is 0.0692. The van der Waals surface area contributed by atoms with Gasteiger partial charge in [-0.3, -0.25) is 4.79 Å². The number of carbonyl (C=O) groups is 2. The molecule has 6 heteroatoms. The molecule has 6 nitrogen and oxygen atoms in total. The third kappa shape index (κ3) is 4.02. The number of aryl methyl sites for hydroxylation is 1. The highest BCUT2D eigenvalue weighted by Gasteiger charge is 2.18. The Morgan fingerprint density at radius 2 is 1.96 bits per heavy atom. The minimum absolute atomic E-state index is 0.0605. The van der Waals surface area contributed by atoms with Gasteiger partial charge in [0.25, 0.3) is 5.91 Å². The number of carboxylic acids is 1. The largest absolute Gasteiger partial charge is 0.478 e. The first-order chi connectivity index (χ1) is 12.0. The normalized spacial score (nSPS) is 14.4. The Hall–Kier alpha value is -2.76. The smallest absolute Gasteiger partial charge is 0.339 e. The van der Waals surface area contributed by atoms with Crippen molar-refractivity contribution >= 4 is 17.6 Å². The Morgan fingerprint density at radius 1 is 1.20 bits per heavy atom. The molecule has 1 aromatic carbocycles. The molecule has 1 amide bonds. The quantitative estimate of drug-likeness (QED) is 0.868. The van der Waals surface area contributed by atoms with E-state index in [1.807, 2.05) is 29.2 Å². The molecule has 1 saturated heterocycles. The number of carbonyl (C=O) groups excluding carboxylic acids is 1. The summed E-state index contributed by atoms with van der Waals surface area (Å²) < 4.78 is 5.45. The fourth-order valence-corrected chi connectivity index (χ4v) is 3.07. The number of rotatable bonds is 5. The van der Waals surface area contributed by atoms with Crippen molar-refractivity contribution in [1.82, 2.24) is 4.90 Å². The van der Waals surface area contributed by atoms with Crippen molar-refractivity contribution in [3.63, 3.8) is 0 Å². The second kappa shape index (κ2) is 7.42. The molecule has 0 spiro atoms. The van der Waals surface area contributed by atoms with Crippen molar-refractivity contribution in [3.05, 3.63) is 53.0 Å². The van der Waals surface area contributed by atoms with Gasteiger partial charge in [0, 0.05) is 24.3 Å². The molecule has 3 rings (SSSR count). The summed E-state index contributed by atoms with van der Waals surface area (Å²) in [6.45, 7) is 3.63. The zero-order valence-corrected chi connectivity index (χ0v) is 14.2. The molecule has 1 aromatic heterocycles. The van der Waals surface area contributed by atoms with E-state index in [2.05, 4.69) is 5.32 Å². The Balaban J connectivity index is 1.66. The van der Waals surface area contributed by atoms with E-state index < -0.39 is 5.97 Å². The first-order valence-corrected chi connectivity index (χ1v) is 8.50. The number of benzene rings is 1. The Labute approximate surface area is 146 Å². The number of anilines is 1. The molecule has 1 fully saturated rings. The van der Waals surface area contributed by atoms with Crippen LogP contribution in [0.1, 0.15) is 51.5 Å². The molecule has 0 atom stereocenters. The molecule has 2 aromatic rings. The summed E-state index contributed by atoms with van der Waals surface area (Å²) in [6, 6.07) is 8.89. The number of piperidine rings is 1. The molecular formula is C19H22N2O4. The molecule has 2 N–H and O–H groups in total. The van der Waals surface area contributed by atoms with Crippen LogP contribution in [0.3, 0.4) is 0 Å². The molecule has 0 saturated carbocycles. The lowest BCUT2D eigenvalue weighted by atomic mass is 10.1. The van der Waals surface area contributed by atoms with Crippen LogP contribution >= 0.6 is 0 Å². The van der Waals surface area contributed by atoms with E-state index in [1.165, 1.54) is 12.5 Å². The van der Waals surface area contributed by atoms with Crippen molar-refractivity contribution in [2.75, 3.05) is 18.4 Å². The summed E-state index contributed by atoms with van der Waals surface area (Å²) >= 11 is 0. The summed E-state index contributed by atoms with van der Waals surface area (Å²) in [5, 5.41) is 12.2. The highest BCUT2D eigenvalue weighted by atomic mass is 16.4. The van der Waals surface area contributed by atoms with Crippen LogP contribution in [0.25, 0.3) is 0 Å². The third-order valence-electron chi connectivity index (χ3n) is 4.42. The summed E-state index contributed by atoms with van der Waals surface area (Å²) in [7, 11) is 0. The minimum Gasteiger partial charge on any atom is -0.478 e. The van der Waals surface area contributed by atoms with Gasteiger partial charge in [0.2, 0.25) is 0 Å². The third-order valence-corrected chi connectivity index (χ3v) is 4.42. The number of nitrogens with zero attached hydrogens (tertiary/aromatic N) is 1. The fraction of sp³-hybridized carbons (Fsp3) is 0.368. The minimum atomic E-state index is -0.998. The van der Waals surface area contributed by atoms with Crippen molar-refractivity contribution in [2.24, 2.45) is 0 Å². The summed E-state index contributed by atoms with van der Waals surface area (Å²) in [5.74, 6) is -0.00651. The molecule has 25 heavy (non-hydrogen) atoms. The molecule has 1 aliphatic rings. The van der Waals surface area contributed by atoms with Crippen LogP contribution in [0.5, 0.6) is 0 Å². The van der Waals surface area contributed by atoms with Crippen LogP contribution in [0.2, 0.25) is 0 Å². The number of aromatic carboxylic acids is 1. The van der Waals surface area contributed by atoms with Gasteiger partial charge in [0.05, 0.1) is 6.54 Å². The van der Waals surface area contributed by atoms with Gasteiger partial charge in [0.15, 0.2) is 0 Å². The number of carboxylic acid groups (broad SMARTS) is 1. The number of furan rings is 1. The fourth-order valence-electron chi connectivity index (χ4n) is 3.07. The van der Waals surface area contributed by atoms with E-state index >= 15 is 0 Å². The zero-order chi connectivity index (χ0) is 17.8. The second-order valence-electron chi connectivity index (χ2n) is 6.27. The number of nitrogens with one attached hydrogen (secondary N) is 1. The van der Waals surface area contributed by atoms with Gasteiger partial charge in [-0.2, -0.15) is 0 Å². The van der Waals surface area contributed by atoms with Gasteiger partial charge in [-0.25, -0.2) is 4.79 Å².